The molecule has 20 heavy (non-hydrogen) atoms. The maximum absolute atomic E-state index is 11.8. The van der Waals surface area contributed by atoms with Gasteiger partial charge in [0.15, 0.2) is 0 Å². The number of hydrogen-bond donors (Lipinski definition) is 1. The van der Waals surface area contributed by atoms with Gasteiger partial charge in [-0.05, 0) is 37.5 Å². The van der Waals surface area contributed by atoms with Crippen LogP contribution in [0, 0.1) is 13.8 Å². The maximum atomic E-state index is 11.8. The largest absolute Gasteiger partial charge is 0.356 e. The molecule has 0 aliphatic rings. The molecule has 0 saturated carbocycles. The van der Waals surface area contributed by atoms with E-state index in [1.807, 2.05) is 39.0 Å². The van der Waals surface area contributed by atoms with Crippen LogP contribution in [0.2, 0.25) is 0 Å². The van der Waals surface area contributed by atoms with Gasteiger partial charge in [0.2, 0.25) is 11.8 Å². The maximum Gasteiger partial charge on any atom is 0.223 e. The molecule has 0 bridgehead atoms. The molecule has 0 aliphatic heterocycles. The van der Waals surface area contributed by atoms with E-state index in [4.69, 9.17) is 0 Å². The van der Waals surface area contributed by atoms with Crippen LogP contribution < -0.4 is 10.2 Å². The number of rotatable bonds is 6. The fourth-order valence-electron chi connectivity index (χ4n) is 2.02. The zero-order valence-corrected chi connectivity index (χ0v) is 12.8. The van der Waals surface area contributed by atoms with E-state index in [1.54, 1.807) is 4.90 Å². The summed E-state index contributed by atoms with van der Waals surface area (Å²) in [5.74, 6) is -0.0506. The van der Waals surface area contributed by atoms with E-state index in [1.165, 1.54) is 6.92 Å². The Hall–Kier alpha value is -1.84. The lowest BCUT2D eigenvalue weighted by Gasteiger charge is -2.23. The Balaban J connectivity index is 2.77. The molecule has 1 aromatic rings. The lowest BCUT2D eigenvalue weighted by Crippen LogP contribution is -2.34. The van der Waals surface area contributed by atoms with Crippen LogP contribution in [0.4, 0.5) is 5.69 Å². The van der Waals surface area contributed by atoms with Gasteiger partial charge in [-0.15, -0.1) is 0 Å². The summed E-state index contributed by atoms with van der Waals surface area (Å²) in [7, 11) is 0. The third-order valence-corrected chi connectivity index (χ3v) is 3.17. The van der Waals surface area contributed by atoms with E-state index >= 15 is 0 Å². The first kappa shape index (κ1) is 16.2. The minimum absolute atomic E-state index is 0.0107. The Morgan fingerprint density at radius 1 is 1.25 bits per heavy atom. The van der Waals surface area contributed by atoms with Crippen LogP contribution in [-0.2, 0) is 9.59 Å². The SMILES string of the molecule is CCCNC(=O)CCN(C(C)=O)c1cc(C)ccc1C. The van der Waals surface area contributed by atoms with Crippen LogP contribution in [-0.4, -0.2) is 24.9 Å². The minimum atomic E-state index is -0.0398. The Kier molecular flexibility index (Phi) is 6.22. The van der Waals surface area contributed by atoms with Gasteiger partial charge in [-0.25, -0.2) is 0 Å². The number of carbonyl (C=O) groups excluding carboxylic acids is 2. The topological polar surface area (TPSA) is 49.4 Å². The van der Waals surface area contributed by atoms with Crippen molar-refractivity contribution in [3.8, 4) is 0 Å². The van der Waals surface area contributed by atoms with Gasteiger partial charge in [0, 0.05) is 32.1 Å². The summed E-state index contributed by atoms with van der Waals surface area (Å²) >= 11 is 0. The van der Waals surface area contributed by atoms with Crippen molar-refractivity contribution >= 4 is 17.5 Å². The summed E-state index contributed by atoms with van der Waals surface area (Å²) in [4.78, 5) is 25.2. The van der Waals surface area contributed by atoms with Crippen molar-refractivity contribution in [3.05, 3.63) is 29.3 Å². The zero-order chi connectivity index (χ0) is 15.1. The Labute approximate surface area is 121 Å². The number of hydrogen-bond acceptors (Lipinski definition) is 2. The van der Waals surface area contributed by atoms with E-state index in [9.17, 15) is 9.59 Å². The number of anilines is 1. The van der Waals surface area contributed by atoms with Crippen LogP contribution >= 0.6 is 0 Å². The smallest absolute Gasteiger partial charge is 0.223 e. The van der Waals surface area contributed by atoms with Crippen molar-refractivity contribution in [2.24, 2.45) is 0 Å². The molecule has 0 spiro atoms. The minimum Gasteiger partial charge on any atom is -0.356 e. The average molecular weight is 276 g/mol. The third kappa shape index (κ3) is 4.68. The molecule has 0 aliphatic carbocycles. The number of benzene rings is 1. The molecule has 0 unspecified atom stereocenters. The highest BCUT2D eigenvalue weighted by atomic mass is 16.2. The molecule has 4 heteroatoms. The normalized spacial score (nSPS) is 10.2. The third-order valence-electron chi connectivity index (χ3n) is 3.17. The molecule has 1 rings (SSSR count). The first-order valence-corrected chi connectivity index (χ1v) is 7.07. The molecule has 1 aromatic carbocycles. The van der Waals surface area contributed by atoms with Gasteiger partial charge in [0.25, 0.3) is 0 Å². The number of nitrogens with one attached hydrogen (secondary N) is 1. The summed E-state index contributed by atoms with van der Waals surface area (Å²) in [6, 6.07) is 6.00. The van der Waals surface area contributed by atoms with E-state index in [2.05, 4.69) is 5.32 Å². The first-order valence-electron chi connectivity index (χ1n) is 7.07. The first-order chi connectivity index (χ1) is 9.45. The molecule has 4 nitrogen and oxygen atoms in total. The second kappa shape index (κ2) is 7.68. The number of amides is 2. The monoisotopic (exact) mass is 276 g/mol. The standard InChI is InChI=1S/C16H24N2O2/c1-5-9-17-16(20)8-10-18(14(4)19)15-11-12(2)6-7-13(15)3/h6-7,11H,5,8-10H2,1-4H3,(H,17,20). The highest BCUT2D eigenvalue weighted by molar-refractivity contribution is 5.93. The molecule has 0 saturated heterocycles. The molecule has 1 N–H and O–H groups in total. The molecule has 0 atom stereocenters. The highest BCUT2D eigenvalue weighted by Gasteiger charge is 2.15. The number of aryl methyl sites for hydroxylation is 2. The summed E-state index contributed by atoms with van der Waals surface area (Å²) in [5.41, 5.74) is 3.04. The van der Waals surface area contributed by atoms with Gasteiger partial charge in [0.05, 0.1) is 0 Å². The van der Waals surface area contributed by atoms with Crippen LogP contribution in [0.15, 0.2) is 18.2 Å². The summed E-state index contributed by atoms with van der Waals surface area (Å²) in [6.07, 6.45) is 1.24. The second-order valence-electron chi connectivity index (χ2n) is 5.06. The fraction of sp³-hybridized carbons (Fsp3) is 0.500. The van der Waals surface area contributed by atoms with Crippen molar-refractivity contribution < 1.29 is 9.59 Å². The molecule has 0 aromatic heterocycles. The van der Waals surface area contributed by atoms with Gasteiger partial charge in [-0.2, -0.15) is 0 Å². The van der Waals surface area contributed by atoms with Gasteiger partial charge in [-0.3, -0.25) is 9.59 Å². The molecule has 0 radical (unpaired) electrons. The van der Waals surface area contributed by atoms with Gasteiger partial charge < -0.3 is 10.2 Å². The van der Waals surface area contributed by atoms with Gasteiger partial charge >= 0.3 is 0 Å². The Morgan fingerprint density at radius 3 is 2.55 bits per heavy atom. The van der Waals surface area contributed by atoms with Crippen LogP contribution in [0.1, 0.15) is 37.8 Å². The lowest BCUT2D eigenvalue weighted by atomic mass is 10.1. The van der Waals surface area contributed by atoms with Gasteiger partial charge in [0.1, 0.15) is 0 Å². The predicted octanol–water partition coefficient (Wildman–Crippen LogP) is 2.57. The van der Waals surface area contributed by atoms with Crippen molar-refractivity contribution in [2.45, 2.75) is 40.5 Å². The van der Waals surface area contributed by atoms with Crippen molar-refractivity contribution in [1.29, 1.82) is 0 Å². The van der Waals surface area contributed by atoms with Crippen molar-refractivity contribution in [3.63, 3.8) is 0 Å². The quantitative estimate of drug-likeness (QED) is 0.868. The molecular formula is C16H24N2O2. The average Bonchev–Trinajstić information content (AvgIpc) is 2.40. The van der Waals surface area contributed by atoms with E-state index in [0.29, 0.717) is 19.5 Å². The highest BCUT2D eigenvalue weighted by Crippen LogP contribution is 2.22. The van der Waals surface area contributed by atoms with Crippen LogP contribution in [0.5, 0.6) is 0 Å². The number of nitrogens with zero attached hydrogens (tertiary/aromatic N) is 1. The Morgan fingerprint density at radius 2 is 1.95 bits per heavy atom. The second-order valence-corrected chi connectivity index (χ2v) is 5.06. The molecule has 110 valence electrons. The Bertz CT molecular complexity index is 483. The van der Waals surface area contributed by atoms with Crippen LogP contribution in [0.25, 0.3) is 0 Å². The van der Waals surface area contributed by atoms with Crippen molar-refractivity contribution in [1.82, 2.24) is 5.32 Å². The summed E-state index contributed by atoms with van der Waals surface area (Å²) in [5, 5.41) is 2.83. The summed E-state index contributed by atoms with van der Waals surface area (Å²) < 4.78 is 0. The van der Waals surface area contributed by atoms with E-state index in [0.717, 1.165) is 23.2 Å². The number of carbonyl (C=O) groups is 2. The van der Waals surface area contributed by atoms with E-state index < -0.39 is 0 Å². The fourth-order valence-corrected chi connectivity index (χ4v) is 2.02. The molecule has 2 amide bonds. The molecule has 0 heterocycles. The summed E-state index contributed by atoms with van der Waals surface area (Å²) in [6.45, 7) is 8.61. The lowest BCUT2D eigenvalue weighted by molar-refractivity contribution is -0.121. The van der Waals surface area contributed by atoms with E-state index in [-0.39, 0.29) is 11.8 Å². The predicted molar refractivity (Wildman–Crippen MR) is 81.9 cm³/mol. The van der Waals surface area contributed by atoms with Crippen LogP contribution in [0.3, 0.4) is 0 Å². The van der Waals surface area contributed by atoms with Gasteiger partial charge in [-0.1, -0.05) is 19.1 Å². The zero-order valence-electron chi connectivity index (χ0n) is 12.8. The molecule has 0 fully saturated rings. The van der Waals surface area contributed by atoms with Crippen molar-refractivity contribution in [2.75, 3.05) is 18.0 Å². The molecular weight excluding hydrogens is 252 g/mol.